The Hall–Kier alpha value is -2.81. The van der Waals surface area contributed by atoms with E-state index in [1.165, 1.54) is 31.3 Å². The Morgan fingerprint density at radius 1 is 1.09 bits per heavy atom. The van der Waals surface area contributed by atoms with Crippen LogP contribution in [0.3, 0.4) is 0 Å². The first-order valence-electron chi connectivity index (χ1n) is 10.1. The van der Waals surface area contributed by atoms with E-state index in [0.717, 1.165) is 11.1 Å². The van der Waals surface area contributed by atoms with Gasteiger partial charge in [-0.2, -0.15) is 0 Å². The number of hydrogen-bond acceptors (Lipinski definition) is 6. The normalized spacial score (nSPS) is 14.9. The molecule has 3 rings (SSSR count). The Labute approximate surface area is 192 Å². The van der Waals surface area contributed by atoms with E-state index in [-0.39, 0.29) is 48.4 Å². The van der Waals surface area contributed by atoms with Gasteiger partial charge < -0.3 is 29.2 Å². The predicted octanol–water partition coefficient (Wildman–Crippen LogP) is 3.53. The molecule has 0 saturated carbocycles. The van der Waals surface area contributed by atoms with Crippen LogP contribution in [0, 0.1) is 0 Å². The molecule has 1 heterocycles. The fourth-order valence-corrected chi connectivity index (χ4v) is 3.77. The summed E-state index contributed by atoms with van der Waals surface area (Å²) in [6, 6.07) is 9.67. The maximum atomic E-state index is 13.7. The van der Waals surface area contributed by atoms with Crippen molar-refractivity contribution in [1.29, 1.82) is 0 Å². The van der Waals surface area contributed by atoms with E-state index in [4.69, 9.17) is 30.5 Å². The quantitative estimate of drug-likeness (QED) is 0.574. The summed E-state index contributed by atoms with van der Waals surface area (Å²) in [7, 11) is 2.96. The number of nitrogens with one attached hydrogen (secondary N) is 1. The van der Waals surface area contributed by atoms with Crippen LogP contribution in [0.15, 0.2) is 36.4 Å². The van der Waals surface area contributed by atoms with Crippen LogP contribution in [-0.4, -0.2) is 50.6 Å². The molecule has 9 heteroatoms. The summed E-state index contributed by atoms with van der Waals surface area (Å²) in [5, 5.41) is 3.13. The van der Waals surface area contributed by atoms with Gasteiger partial charge in [-0.25, -0.2) is 0 Å². The smallest absolute Gasteiger partial charge is 0.258 e. The molecule has 1 aliphatic rings. The van der Waals surface area contributed by atoms with Crippen LogP contribution in [-0.2, 0) is 20.8 Å². The molecule has 1 atom stereocenters. The SMILES string of the molecule is COCOc1cc(OCOC)c(C(=O)N2Cc3ccccc3C2C(=O)NC(C)C)cc1Cl. The van der Waals surface area contributed by atoms with E-state index in [1.807, 2.05) is 38.1 Å². The van der Waals surface area contributed by atoms with Gasteiger partial charge >= 0.3 is 0 Å². The lowest BCUT2D eigenvalue weighted by Gasteiger charge is -2.26. The van der Waals surface area contributed by atoms with Crippen molar-refractivity contribution in [3.05, 3.63) is 58.1 Å². The van der Waals surface area contributed by atoms with E-state index in [9.17, 15) is 9.59 Å². The van der Waals surface area contributed by atoms with Crippen LogP contribution < -0.4 is 14.8 Å². The second-order valence-electron chi connectivity index (χ2n) is 7.58. The minimum atomic E-state index is -0.764. The number of nitrogens with zero attached hydrogens (tertiary/aromatic N) is 1. The Morgan fingerprint density at radius 2 is 1.75 bits per heavy atom. The highest BCUT2D eigenvalue weighted by Gasteiger charge is 2.39. The van der Waals surface area contributed by atoms with Crippen LogP contribution in [0.5, 0.6) is 11.5 Å². The summed E-state index contributed by atoms with van der Waals surface area (Å²) in [6.07, 6.45) is 0. The van der Waals surface area contributed by atoms with Crippen molar-refractivity contribution in [3.8, 4) is 11.5 Å². The summed E-state index contributed by atoms with van der Waals surface area (Å²) < 4.78 is 21.0. The van der Waals surface area contributed by atoms with Gasteiger partial charge in [0.05, 0.1) is 10.6 Å². The monoisotopic (exact) mass is 462 g/mol. The molecule has 1 unspecified atom stereocenters. The Bertz CT molecular complexity index is 981. The number of carbonyl (C=O) groups excluding carboxylic acids is 2. The Morgan fingerprint density at radius 3 is 2.41 bits per heavy atom. The molecule has 8 nitrogen and oxygen atoms in total. The van der Waals surface area contributed by atoms with E-state index in [2.05, 4.69) is 5.32 Å². The summed E-state index contributed by atoms with van der Waals surface area (Å²) in [6.45, 7) is 3.94. The zero-order chi connectivity index (χ0) is 23.3. The molecule has 1 aliphatic heterocycles. The molecule has 0 bridgehead atoms. The second-order valence-corrected chi connectivity index (χ2v) is 7.99. The molecule has 0 radical (unpaired) electrons. The highest BCUT2D eigenvalue weighted by molar-refractivity contribution is 6.32. The topological polar surface area (TPSA) is 86.3 Å². The molecule has 0 aromatic heterocycles. The molecule has 2 aromatic rings. The van der Waals surface area contributed by atoms with E-state index in [0.29, 0.717) is 5.75 Å². The molecule has 2 aromatic carbocycles. The van der Waals surface area contributed by atoms with Crippen LogP contribution in [0.2, 0.25) is 5.02 Å². The third-order valence-electron chi connectivity index (χ3n) is 4.87. The predicted molar refractivity (Wildman–Crippen MR) is 119 cm³/mol. The zero-order valence-electron chi connectivity index (χ0n) is 18.5. The zero-order valence-corrected chi connectivity index (χ0v) is 19.3. The Kier molecular flexibility index (Phi) is 7.95. The molecule has 1 N–H and O–H groups in total. The van der Waals surface area contributed by atoms with Gasteiger partial charge in [0.15, 0.2) is 13.6 Å². The van der Waals surface area contributed by atoms with Crippen LogP contribution in [0.25, 0.3) is 0 Å². The van der Waals surface area contributed by atoms with Gasteiger partial charge in [0.25, 0.3) is 5.91 Å². The largest absolute Gasteiger partial charge is 0.467 e. The molecule has 0 fully saturated rings. The van der Waals surface area contributed by atoms with Gasteiger partial charge in [0.2, 0.25) is 5.91 Å². The number of ether oxygens (including phenoxy) is 4. The van der Waals surface area contributed by atoms with Crippen LogP contribution in [0.4, 0.5) is 0 Å². The number of hydrogen-bond donors (Lipinski definition) is 1. The average Bonchev–Trinajstić information content (AvgIpc) is 3.16. The van der Waals surface area contributed by atoms with Gasteiger partial charge in [-0.1, -0.05) is 35.9 Å². The van der Waals surface area contributed by atoms with E-state index in [1.54, 1.807) is 0 Å². The van der Waals surface area contributed by atoms with Gasteiger partial charge in [-0.15, -0.1) is 0 Å². The minimum absolute atomic E-state index is 0.0182. The van der Waals surface area contributed by atoms with Crippen molar-refractivity contribution >= 4 is 23.4 Å². The van der Waals surface area contributed by atoms with Gasteiger partial charge in [-0.05, 0) is 31.0 Å². The standard InChI is InChI=1S/C23H27ClN2O6/c1-14(2)25-22(27)21-16-8-6-5-7-15(16)11-26(21)23(28)17-9-18(24)20(32-13-30-4)10-19(17)31-12-29-3/h5-10,14,21H,11-13H2,1-4H3,(H,25,27). The summed E-state index contributed by atoms with van der Waals surface area (Å²) >= 11 is 6.36. The fourth-order valence-electron chi connectivity index (χ4n) is 3.55. The summed E-state index contributed by atoms with van der Waals surface area (Å²) in [4.78, 5) is 28.2. The maximum absolute atomic E-state index is 13.7. The summed E-state index contributed by atoms with van der Waals surface area (Å²) in [5.41, 5.74) is 1.91. The number of carbonyl (C=O) groups is 2. The molecular weight excluding hydrogens is 436 g/mol. The molecule has 2 amide bonds. The highest BCUT2D eigenvalue weighted by Crippen LogP contribution is 2.39. The van der Waals surface area contributed by atoms with Gasteiger partial charge in [0.1, 0.15) is 17.5 Å². The van der Waals surface area contributed by atoms with Crippen molar-refractivity contribution in [3.63, 3.8) is 0 Å². The Balaban J connectivity index is 2.00. The van der Waals surface area contributed by atoms with Crippen molar-refractivity contribution in [1.82, 2.24) is 10.2 Å². The molecule has 0 saturated heterocycles. The summed E-state index contributed by atoms with van der Waals surface area (Å²) in [5.74, 6) is -0.110. The number of benzene rings is 2. The maximum Gasteiger partial charge on any atom is 0.258 e. The number of rotatable bonds is 9. The minimum Gasteiger partial charge on any atom is -0.467 e. The first-order chi connectivity index (χ1) is 15.4. The number of methoxy groups -OCH3 is 2. The highest BCUT2D eigenvalue weighted by atomic mass is 35.5. The van der Waals surface area contributed by atoms with Crippen molar-refractivity contribution in [2.75, 3.05) is 27.8 Å². The lowest BCUT2D eigenvalue weighted by molar-refractivity contribution is -0.126. The molecule has 0 aliphatic carbocycles. The third kappa shape index (κ3) is 5.15. The van der Waals surface area contributed by atoms with Crippen LogP contribution in [0.1, 0.15) is 41.4 Å². The molecular formula is C23H27ClN2O6. The van der Waals surface area contributed by atoms with Crippen molar-refractivity contribution in [2.24, 2.45) is 0 Å². The first-order valence-corrected chi connectivity index (χ1v) is 10.5. The lowest BCUT2D eigenvalue weighted by atomic mass is 10.0. The first kappa shape index (κ1) is 23.8. The van der Waals surface area contributed by atoms with Crippen LogP contribution >= 0.6 is 11.6 Å². The molecule has 0 spiro atoms. The second kappa shape index (κ2) is 10.7. The number of halogens is 1. The van der Waals surface area contributed by atoms with Crippen molar-refractivity contribution in [2.45, 2.75) is 32.5 Å². The number of fused-ring (bicyclic) bond motifs is 1. The van der Waals surface area contributed by atoms with E-state index < -0.39 is 11.9 Å². The van der Waals surface area contributed by atoms with Crippen molar-refractivity contribution < 1.29 is 28.5 Å². The van der Waals surface area contributed by atoms with Gasteiger partial charge in [-0.3, -0.25) is 9.59 Å². The molecule has 172 valence electrons. The average molecular weight is 463 g/mol. The molecule has 32 heavy (non-hydrogen) atoms. The third-order valence-corrected chi connectivity index (χ3v) is 5.17. The van der Waals surface area contributed by atoms with Gasteiger partial charge in [0, 0.05) is 32.9 Å². The fraction of sp³-hybridized carbons (Fsp3) is 0.391. The number of amides is 2. The van der Waals surface area contributed by atoms with E-state index >= 15 is 0 Å². The lowest BCUT2D eigenvalue weighted by Crippen LogP contribution is -2.42.